The fourth-order valence-electron chi connectivity index (χ4n) is 1.77. The quantitative estimate of drug-likeness (QED) is 0.516. The predicted molar refractivity (Wildman–Crippen MR) is 81.9 cm³/mol. The van der Waals surface area contributed by atoms with Gasteiger partial charge < -0.3 is 5.73 Å². The van der Waals surface area contributed by atoms with Gasteiger partial charge in [-0.2, -0.15) is 0 Å². The fourth-order valence-corrected chi connectivity index (χ4v) is 2.49. The van der Waals surface area contributed by atoms with E-state index in [2.05, 4.69) is 54.0 Å². The molecule has 0 aliphatic heterocycles. The molecule has 2 nitrogen and oxygen atoms in total. The van der Waals surface area contributed by atoms with E-state index in [9.17, 15) is 0 Å². The molecule has 0 amide bonds. The topological polar surface area (TPSA) is 38.4 Å². The van der Waals surface area contributed by atoms with Crippen molar-refractivity contribution in [3.8, 4) is 0 Å². The molecule has 0 aliphatic carbocycles. The molecular weight excluding hydrogens is 240 g/mol. The molecule has 0 saturated carbocycles. The number of thioether (sulfide) groups is 1. The van der Waals surface area contributed by atoms with Crippen LogP contribution in [0.3, 0.4) is 0 Å². The van der Waals surface area contributed by atoms with Crippen molar-refractivity contribution in [2.75, 3.05) is 6.54 Å². The summed E-state index contributed by atoms with van der Waals surface area (Å²) in [7, 11) is 0. The molecule has 0 aromatic heterocycles. The number of rotatable bonds is 4. The minimum absolute atomic E-state index is 0.578. The Morgan fingerprint density at radius 3 is 2.83 bits per heavy atom. The summed E-state index contributed by atoms with van der Waals surface area (Å²) in [5, 5.41) is 3.16. The van der Waals surface area contributed by atoms with Crippen LogP contribution in [0.5, 0.6) is 0 Å². The molecule has 18 heavy (non-hydrogen) atoms. The molecule has 0 atom stereocenters. The summed E-state index contributed by atoms with van der Waals surface area (Å²) in [5.41, 5.74) is 7.10. The number of nitrogens with two attached hydrogens (primary N) is 1. The van der Waals surface area contributed by atoms with E-state index in [0.29, 0.717) is 11.7 Å². The predicted octanol–water partition coefficient (Wildman–Crippen LogP) is 3.57. The van der Waals surface area contributed by atoms with Crippen LogP contribution in [0.15, 0.2) is 60.1 Å². The Kier molecular flexibility index (Phi) is 4.42. The molecule has 0 heterocycles. The van der Waals surface area contributed by atoms with Gasteiger partial charge in [-0.15, -0.1) is 6.58 Å². The molecule has 2 rings (SSSR count). The summed E-state index contributed by atoms with van der Waals surface area (Å²) in [4.78, 5) is 4.18. The first-order valence-electron chi connectivity index (χ1n) is 5.81. The SMILES string of the molecule is C=CCN=C(N)SCc1cccc2ccccc12. The third-order valence-corrected chi connectivity index (χ3v) is 3.51. The molecule has 0 fully saturated rings. The summed E-state index contributed by atoms with van der Waals surface area (Å²) in [6.07, 6.45) is 1.74. The molecular formula is C15H16N2S. The lowest BCUT2D eigenvalue weighted by Gasteiger charge is -2.05. The molecule has 92 valence electrons. The van der Waals surface area contributed by atoms with Crippen LogP contribution < -0.4 is 5.73 Å². The van der Waals surface area contributed by atoms with Gasteiger partial charge in [0.05, 0.1) is 6.54 Å². The second kappa shape index (κ2) is 6.26. The summed E-state index contributed by atoms with van der Waals surface area (Å²) < 4.78 is 0. The highest BCUT2D eigenvalue weighted by atomic mass is 32.2. The molecule has 0 saturated heterocycles. The Morgan fingerprint density at radius 2 is 2.00 bits per heavy atom. The number of aliphatic imine (C=N–C) groups is 1. The van der Waals surface area contributed by atoms with Gasteiger partial charge in [0.2, 0.25) is 0 Å². The minimum Gasteiger partial charge on any atom is -0.379 e. The van der Waals surface area contributed by atoms with Crippen LogP contribution >= 0.6 is 11.8 Å². The third kappa shape index (κ3) is 3.14. The third-order valence-electron chi connectivity index (χ3n) is 2.63. The van der Waals surface area contributed by atoms with Gasteiger partial charge in [-0.3, -0.25) is 4.99 Å². The maximum atomic E-state index is 5.82. The number of hydrogen-bond donors (Lipinski definition) is 1. The molecule has 0 unspecified atom stereocenters. The van der Waals surface area contributed by atoms with E-state index < -0.39 is 0 Å². The summed E-state index contributed by atoms with van der Waals surface area (Å²) >= 11 is 1.56. The average Bonchev–Trinajstić information content (AvgIpc) is 2.42. The van der Waals surface area contributed by atoms with E-state index >= 15 is 0 Å². The zero-order valence-electron chi connectivity index (χ0n) is 10.2. The highest BCUT2D eigenvalue weighted by molar-refractivity contribution is 8.13. The largest absolute Gasteiger partial charge is 0.379 e. The molecule has 0 spiro atoms. The molecule has 0 aliphatic rings. The van der Waals surface area contributed by atoms with Gasteiger partial charge in [-0.05, 0) is 16.3 Å². The highest BCUT2D eigenvalue weighted by Gasteiger charge is 2.01. The van der Waals surface area contributed by atoms with Crippen molar-refractivity contribution in [3.05, 3.63) is 60.7 Å². The molecule has 2 aromatic rings. The van der Waals surface area contributed by atoms with Crippen LogP contribution in [0.25, 0.3) is 10.8 Å². The lowest BCUT2D eigenvalue weighted by molar-refractivity contribution is 1.25. The van der Waals surface area contributed by atoms with E-state index in [1.54, 1.807) is 17.8 Å². The molecule has 2 N–H and O–H groups in total. The number of amidine groups is 1. The van der Waals surface area contributed by atoms with Crippen LogP contribution in [0.4, 0.5) is 0 Å². The Labute approximate surface area is 112 Å². The second-order valence-electron chi connectivity index (χ2n) is 3.89. The average molecular weight is 256 g/mol. The summed E-state index contributed by atoms with van der Waals surface area (Å²) in [5.74, 6) is 0.841. The Bertz CT molecular complexity index is 570. The van der Waals surface area contributed by atoms with Gasteiger partial charge in [0, 0.05) is 5.75 Å². The van der Waals surface area contributed by atoms with Crippen LogP contribution in [0.2, 0.25) is 0 Å². The Balaban J connectivity index is 2.15. The van der Waals surface area contributed by atoms with Crippen molar-refractivity contribution in [1.82, 2.24) is 0 Å². The van der Waals surface area contributed by atoms with Gasteiger partial charge in [0.1, 0.15) is 0 Å². The van der Waals surface area contributed by atoms with Gasteiger partial charge in [0.15, 0.2) is 5.17 Å². The Morgan fingerprint density at radius 1 is 1.22 bits per heavy atom. The van der Waals surface area contributed by atoms with E-state index in [4.69, 9.17) is 5.73 Å². The lowest BCUT2D eigenvalue weighted by Crippen LogP contribution is -2.07. The first kappa shape index (κ1) is 12.7. The van der Waals surface area contributed by atoms with E-state index in [1.165, 1.54) is 16.3 Å². The summed E-state index contributed by atoms with van der Waals surface area (Å²) in [6, 6.07) is 14.7. The van der Waals surface area contributed by atoms with Crippen molar-refractivity contribution in [2.45, 2.75) is 5.75 Å². The van der Waals surface area contributed by atoms with Crippen molar-refractivity contribution < 1.29 is 0 Å². The smallest absolute Gasteiger partial charge is 0.154 e. The van der Waals surface area contributed by atoms with Crippen molar-refractivity contribution >= 4 is 27.7 Å². The fraction of sp³-hybridized carbons (Fsp3) is 0.133. The second-order valence-corrected chi connectivity index (χ2v) is 4.89. The van der Waals surface area contributed by atoms with E-state index in [-0.39, 0.29) is 0 Å². The molecule has 0 radical (unpaired) electrons. The first-order chi connectivity index (χ1) is 8.81. The van der Waals surface area contributed by atoms with Gasteiger partial charge in [-0.1, -0.05) is 60.3 Å². The van der Waals surface area contributed by atoms with E-state index in [0.717, 1.165) is 5.75 Å². The molecule has 3 heteroatoms. The van der Waals surface area contributed by atoms with Crippen LogP contribution in [-0.2, 0) is 5.75 Å². The number of benzene rings is 2. The normalized spacial score (nSPS) is 11.7. The zero-order valence-corrected chi connectivity index (χ0v) is 11.0. The number of fused-ring (bicyclic) bond motifs is 1. The zero-order chi connectivity index (χ0) is 12.8. The minimum atomic E-state index is 0.578. The number of hydrogen-bond acceptors (Lipinski definition) is 2. The maximum absolute atomic E-state index is 5.82. The van der Waals surface area contributed by atoms with Crippen LogP contribution in [0.1, 0.15) is 5.56 Å². The highest BCUT2D eigenvalue weighted by Crippen LogP contribution is 2.22. The van der Waals surface area contributed by atoms with Gasteiger partial charge in [-0.25, -0.2) is 0 Å². The molecule has 2 aromatic carbocycles. The maximum Gasteiger partial charge on any atom is 0.154 e. The van der Waals surface area contributed by atoms with E-state index in [1.807, 2.05) is 0 Å². The summed E-state index contributed by atoms with van der Waals surface area (Å²) in [6.45, 7) is 4.20. The van der Waals surface area contributed by atoms with Gasteiger partial charge >= 0.3 is 0 Å². The number of nitrogens with zero attached hydrogens (tertiary/aromatic N) is 1. The van der Waals surface area contributed by atoms with Gasteiger partial charge in [0.25, 0.3) is 0 Å². The van der Waals surface area contributed by atoms with Crippen molar-refractivity contribution in [1.29, 1.82) is 0 Å². The van der Waals surface area contributed by atoms with Crippen LogP contribution in [0, 0.1) is 0 Å². The standard InChI is InChI=1S/C15H16N2S/c1-2-10-17-15(16)18-11-13-8-5-7-12-6-3-4-9-14(12)13/h2-9H,1,10-11H2,(H2,16,17). The van der Waals surface area contributed by atoms with Crippen molar-refractivity contribution in [3.63, 3.8) is 0 Å². The van der Waals surface area contributed by atoms with Crippen molar-refractivity contribution in [2.24, 2.45) is 10.7 Å². The molecule has 0 bridgehead atoms. The lowest BCUT2D eigenvalue weighted by atomic mass is 10.1. The Hall–Kier alpha value is -1.74. The monoisotopic (exact) mass is 256 g/mol. The first-order valence-corrected chi connectivity index (χ1v) is 6.80. The van der Waals surface area contributed by atoms with Crippen LogP contribution in [-0.4, -0.2) is 11.7 Å².